The fourth-order valence-corrected chi connectivity index (χ4v) is 6.16. The monoisotopic (exact) mass is 603 g/mol. The van der Waals surface area contributed by atoms with Crippen molar-refractivity contribution in [3.05, 3.63) is 94.0 Å². The Bertz CT molecular complexity index is 1430. The highest BCUT2D eigenvalue weighted by Crippen LogP contribution is 2.33. The van der Waals surface area contributed by atoms with Crippen LogP contribution in [0.1, 0.15) is 44.7 Å². The lowest BCUT2D eigenvalue weighted by molar-refractivity contribution is -0.140. The molecule has 0 fully saturated rings. The topological polar surface area (TPSA) is 86.8 Å². The standard InChI is InChI=1S/C30H35Cl2N3O4S/c1-5-22(4)33-30(37)27(6-2)34(19-23-12-10-11-21(3)17-23)29(36)20-35(28-18-24(31)15-16-26(28)32)40(38,39)25-13-8-7-9-14-25/h7-18,22,27H,5-6,19-20H2,1-4H3,(H,33,37)/t22-,27+/m1/s1. The van der Waals surface area contributed by atoms with Crippen molar-refractivity contribution in [3.63, 3.8) is 0 Å². The first kappa shape index (κ1) is 31.5. The third-order valence-corrected chi connectivity index (χ3v) is 8.94. The van der Waals surface area contributed by atoms with Crippen molar-refractivity contribution in [3.8, 4) is 0 Å². The van der Waals surface area contributed by atoms with E-state index in [1.54, 1.807) is 24.3 Å². The largest absolute Gasteiger partial charge is 0.352 e. The van der Waals surface area contributed by atoms with E-state index in [1.807, 2.05) is 52.0 Å². The number of aryl methyl sites for hydroxylation is 1. The molecule has 3 rings (SSSR count). The molecule has 2 atom stereocenters. The molecule has 40 heavy (non-hydrogen) atoms. The number of rotatable bonds is 12. The summed E-state index contributed by atoms with van der Waals surface area (Å²) in [6.45, 7) is 7.16. The van der Waals surface area contributed by atoms with Crippen molar-refractivity contribution >= 4 is 50.7 Å². The van der Waals surface area contributed by atoms with Crippen LogP contribution in [-0.4, -0.2) is 43.8 Å². The SMILES string of the molecule is CC[C@@H](C)NC(=O)[C@H](CC)N(Cc1cccc(C)c1)C(=O)CN(c1cc(Cl)ccc1Cl)S(=O)(=O)c1ccccc1. The van der Waals surface area contributed by atoms with Gasteiger partial charge in [-0.15, -0.1) is 0 Å². The Balaban J connectivity index is 2.09. The van der Waals surface area contributed by atoms with Gasteiger partial charge < -0.3 is 10.2 Å². The second kappa shape index (κ2) is 14.0. The van der Waals surface area contributed by atoms with Crippen molar-refractivity contribution in [2.24, 2.45) is 0 Å². The van der Waals surface area contributed by atoms with Gasteiger partial charge in [0.1, 0.15) is 12.6 Å². The summed E-state index contributed by atoms with van der Waals surface area (Å²) in [7, 11) is -4.23. The number of amides is 2. The summed E-state index contributed by atoms with van der Waals surface area (Å²) in [4.78, 5) is 28.9. The minimum Gasteiger partial charge on any atom is -0.352 e. The zero-order valence-corrected chi connectivity index (χ0v) is 25.4. The van der Waals surface area contributed by atoms with Crippen molar-refractivity contribution in [2.75, 3.05) is 10.8 Å². The average Bonchev–Trinajstić information content (AvgIpc) is 2.93. The molecule has 3 aromatic rings. The molecule has 0 bridgehead atoms. The normalized spacial score (nSPS) is 12.8. The smallest absolute Gasteiger partial charge is 0.264 e. The number of nitrogens with zero attached hydrogens (tertiary/aromatic N) is 2. The minimum atomic E-state index is -4.23. The molecule has 2 amide bonds. The van der Waals surface area contributed by atoms with Crippen LogP contribution < -0.4 is 9.62 Å². The van der Waals surface area contributed by atoms with Crippen LogP contribution in [0.2, 0.25) is 10.0 Å². The highest BCUT2D eigenvalue weighted by atomic mass is 35.5. The maximum atomic E-state index is 14.1. The summed E-state index contributed by atoms with van der Waals surface area (Å²) in [5.74, 6) is -0.848. The maximum Gasteiger partial charge on any atom is 0.264 e. The van der Waals surface area contributed by atoms with E-state index in [4.69, 9.17) is 23.2 Å². The maximum absolute atomic E-state index is 14.1. The summed E-state index contributed by atoms with van der Waals surface area (Å²) in [5, 5.41) is 3.34. The Hall–Kier alpha value is -3.07. The highest BCUT2D eigenvalue weighted by Gasteiger charge is 2.34. The molecule has 1 N–H and O–H groups in total. The lowest BCUT2D eigenvalue weighted by atomic mass is 10.1. The molecule has 7 nitrogen and oxygen atoms in total. The van der Waals surface area contributed by atoms with Crippen molar-refractivity contribution < 1.29 is 18.0 Å². The number of nitrogens with one attached hydrogen (secondary N) is 1. The van der Waals surface area contributed by atoms with Gasteiger partial charge in [0.2, 0.25) is 11.8 Å². The second-order valence-electron chi connectivity index (χ2n) is 9.67. The lowest BCUT2D eigenvalue weighted by Crippen LogP contribution is -2.53. The van der Waals surface area contributed by atoms with Gasteiger partial charge in [0.05, 0.1) is 15.6 Å². The van der Waals surface area contributed by atoms with Gasteiger partial charge in [-0.3, -0.25) is 13.9 Å². The summed E-state index contributed by atoms with van der Waals surface area (Å²) in [6.07, 6.45) is 1.06. The first-order chi connectivity index (χ1) is 19.0. The van der Waals surface area contributed by atoms with Gasteiger partial charge >= 0.3 is 0 Å². The molecule has 0 aromatic heterocycles. The van der Waals surface area contributed by atoms with E-state index in [9.17, 15) is 18.0 Å². The van der Waals surface area contributed by atoms with Crippen LogP contribution in [0.25, 0.3) is 0 Å². The minimum absolute atomic E-state index is 0.00867. The summed E-state index contributed by atoms with van der Waals surface area (Å²) >= 11 is 12.7. The van der Waals surface area contributed by atoms with Gasteiger partial charge in [0, 0.05) is 17.6 Å². The predicted octanol–water partition coefficient (Wildman–Crippen LogP) is 6.22. The Kier molecular flexibility index (Phi) is 11.0. The Morgan fingerprint density at radius 1 is 0.925 bits per heavy atom. The molecule has 214 valence electrons. The summed E-state index contributed by atoms with van der Waals surface area (Å²) < 4.78 is 28.7. The molecule has 0 aliphatic heterocycles. The fraction of sp³-hybridized carbons (Fsp3) is 0.333. The van der Waals surface area contributed by atoms with E-state index in [1.165, 1.54) is 29.2 Å². The highest BCUT2D eigenvalue weighted by molar-refractivity contribution is 7.92. The van der Waals surface area contributed by atoms with E-state index in [0.717, 1.165) is 21.9 Å². The quantitative estimate of drug-likeness (QED) is 0.266. The number of halogens is 2. The van der Waals surface area contributed by atoms with Crippen LogP contribution in [0.15, 0.2) is 77.7 Å². The molecule has 0 aliphatic rings. The van der Waals surface area contributed by atoms with Crippen LogP contribution in [0.3, 0.4) is 0 Å². The second-order valence-corrected chi connectivity index (χ2v) is 12.4. The molecule has 0 spiro atoms. The van der Waals surface area contributed by atoms with E-state index >= 15 is 0 Å². The predicted molar refractivity (Wildman–Crippen MR) is 161 cm³/mol. The van der Waals surface area contributed by atoms with Crippen LogP contribution >= 0.6 is 23.2 Å². The molecule has 0 saturated heterocycles. The van der Waals surface area contributed by atoms with Crippen LogP contribution in [0.5, 0.6) is 0 Å². The van der Waals surface area contributed by atoms with Gasteiger partial charge in [0.25, 0.3) is 10.0 Å². The zero-order valence-electron chi connectivity index (χ0n) is 23.1. The van der Waals surface area contributed by atoms with Crippen molar-refractivity contribution in [1.29, 1.82) is 0 Å². The molecule has 0 unspecified atom stereocenters. The average molecular weight is 605 g/mol. The Morgan fingerprint density at radius 2 is 1.62 bits per heavy atom. The molecule has 3 aromatic carbocycles. The third-order valence-electron chi connectivity index (χ3n) is 6.61. The van der Waals surface area contributed by atoms with Crippen LogP contribution in [0.4, 0.5) is 5.69 Å². The molecule has 0 aliphatic carbocycles. The number of benzene rings is 3. The molecule has 0 heterocycles. The van der Waals surface area contributed by atoms with Crippen molar-refractivity contribution in [2.45, 2.75) is 64.1 Å². The van der Waals surface area contributed by atoms with E-state index in [-0.39, 0.29) is 39.1 Å². The number of carbonyl (C=O) groups excluding carboxylic acids is 2. The number of hydrogen-bond donors (Lipinski definition) is 1. The van der Waals surface area contributed by atoms with Gasteiger partial charge in [-0.25, -0.2) is 8.42 Å². The van der Waals surface area contributed by atoms with Gasteiger partial charge in [-0.2, -0.15) is 0 Å². The third kappa shape index (κ3) is 7.77. The van der Waals surface area contributed by atoms with E-state index in [2.05, 4.69) is 5.32 Å². The first-order valence-corrected chi connectivity index (χ1v) is 15.4. The first-order valence-electron chi connectivity index (χ1n) is 13.2. The van der Waals surface area contributed by atoms with Crippen LogP contribution in [-0.2, 0) is 26.2 Å². The summed E-state index contributed by atoms with van der Waals surface area (Å²) in [5.41, 5.74) is 1.89. The van der Waals surface area contributed by atoms with Gasteiger partial charge in [-0.1, -0.05) is 85.1 Å². The number of carbonyl (C=O) groups is 2. The summed E-state index contributed by atoms with van der Waals surface area (Å²) in [6, 6.07) is 19.0. The molecule has 0 radical (unpaired) electrons. The number of anilines is 1. The molecular formula is C30H35Cl2N3O4S. The number of hydrogen-bond acceptors (Lipinski definition) is 4. The molecular weight excluding hydrogens is 569 g/mol. The van der Waals surface area contributed by atoms with Crippen molar-refractivity contribution in [1.82, 2.24) is 10.2 Å². The Morgan fingerprint density at radius 3 is 2.25 bits per heavy atom. The molecule has 10 heteroatoms. The van der Waals surface area contributed by atoms with Gasteiger partial charge in [0.15, 0.2) is 0 Å². The Labute approximate surface area is 247 Å². The molecule has 0 saturated carbocycles. The van der Waals surface area contributed by atoms with Crippen LogP contribution in [0, 0.1) is 6.92 Å². The number of sulfonamides is 1. The fourth-order valence-electron chi connectivity index (χ4n) is 4.28. The van der Waals surface area contributed by atoms with E-state index in [0.29, 0.717) is 6.42 Å². The lowest BCUT2D eigenvalue weighted by Gasteiger charge is -2.34. The zero-order chi connectivity index (χ0) is 29.4. The van der Waals surface area contributed by atoms with Gasteiger partial charge in [-0.05, 0) is 62.6 Å². The van der Waals surface area contributed by atoms with E-state index < -0.39 is 28.5 Å².